The highest BCUT2D eigenvalue weighted by Gasteiger charge is 2.12. The number of guanidine groups is 1. The largest absolute Gasteiger partial charge is 0.356 e. The predicted octanol–water partition coefficient (Wildman–Crippen LogP) is 2.06. The summed E-state index contributed by atoms with van der Waals surface area (Å²) >= 11 is 1.73. The molecule has 1 aliphatic rings. The number of piperazine rings is 1. The predicted molar refractivity (Wildman–Crippen MR) is 111 cm³/mol. The standard InChI is InChI=1S/C16H29N5S.HI/c1-17-16(19-13-15-5-12-22-14-15)18-6-3-4-7-21-10-8-20(2)9-11-21;/h5,12,14H,3-4,6-11,13H2,1-2H3,(H2,17,18,19);1H. The maximum Gasteiger partial charge on any atom is 0.191 e. The summed E-state index contributed by atoms with van der Waals surface area (Å²) in [6, 6.07) is 2.14. The van der Waals surface area contributed by atoms with Gasteiger partial charge in [0.2, 0.25) is 0 Å². The van der Waals surface area contributed by atoms with Gasteiger partial charge in [-0.15, -0.1) is 24.0 Å². The highest BCUT2D eigenvalue weighted by atomic mass is 127. The van der Waals surface area contributed by atoms with Crippen molar-refractivity contribution in [3.8, 4) is 0 Å². The van der Waals surface area contributed by atoms with Crippen LogP contribution in [0.25, 0.3) is 0 Å². The van der Waals surface area contributed by atoms with E-state index in [9.17, 15) is 0 Å². The maximum atomic E-state index is 4.27. The monoisotopic (exact) mass is 451 g/mol. The number of nitrogens with zero attached hydrogens (tertiary/aromatic N) is 3. The lowest BCUT2D eigenvalue weighted by atomic mass is 10.2. The van der Waals surface area contributed by atoms with Gasteiger partial charge in [-0.3, -0.25) is 4.99 Å². The third-order valence-electron chi connectivity index (χ3n) is 4.05. The van der Waals surface area contributed by atoms with Crippen LogP contribution in [0, 0.1) is 0 Å². The van der Waals surface area contributed by atoms with Crippen molar-refractivity contribution in [3.63, 3.8) is 0 Å². The van der Waals surface area contributed by atoms with Gasteiger partial charge in [0, 0.05) is 46.3 Å². The molecular weight excluding hydrogens is 421 g/mol. The van der Waals surface area contributed by atoms with Crippen LogP contribution in [0.1, 0.15) is 18.4 Å². The summed E-state index contributed by atoms with van der Waals surface area (Å²) in [4.78, 5) is 9.24. The van der Waals surface area contributed by atoms with Crippen LogP contribution >= 0.6 is 35.3 Å². The molecule has 1 saturated heterocycles. The van der Waals surface area contributed by atoms with Crippen molar-refractivity contribution in [1.29, 1.82) is 0 Å². The van der Waals surface area contributed by atoms with Gasteiger partial charge in [-0.1, -0.05) is 0 Å². The summed E-state index contributed by atoms with van der Waals surface area (Å²) < 4.78 is 0. The molecule has 0 amide bonds. The smallest absolute Gasteiger partial charge is 0.191 e. The minimum absolute atomic E-state index is 0. The summed E-state index contributed by atoms with van der Waals surface area (Å²) in [7, 11) is 4.03. The molecule has 5 nitrogen and oxygen atoms in total. The Hall–Kier alpha value is -0.380. The first-order valence-electron chi connectivity index (χ1n) is 8.14. The molecule has 0 aliphatic carbocycles. The quantitative estimate of drug-likeness (QED) is 0.288. The zero-order valence-corrected chi connectivity index (χ0v) is 17.4. The van der Waals surface area contributed by atoms with Gasteiger partial charge in [-0.2, -0.15) is 11.3 Å². The Balaban J connectivity index is 0.00000264. The summed E-state index contributed by atoms with van der Waals surface area (Å²) in [6.45, 7) is 7.88. The van der Waals surface area contributed by atoms with Gasteiger partial charge < -0.3 is 20.4 Å². The highest BCUT2D eigenvalue weighted by molar-refractivity contribution is 14.0. The topological polar surface area (TPSA) is 42.9 Å². The van der Waals surface area contributed by atoms with E-state index in [1.54, 1.807) is 11.3 Å². The van der Waals surface area contributed by atoms with Crippen molar-refractivity contribution in [2.75, 3.05) is 53.4 Å². The first-order valence-corrected chi connectivity index (χ1v) is 9.08. The first-order chi connectivity index (χ1) is 10.8. The fraction of sp³-hybridized carbons (Fsp3) is 0.688. The number of nitrogens with one attached hydrogen (secondary N) is 2. The number of aliphatic imine (C=N–C) groups is 1. The Labute approximate surface area is 161 Å². The van der Waals surface area contributed by atoms with Crippen LogP contribution < -0.4 is 10.6 Å². The van der Waals surface area contributed by atoms with Crippen molar-refractivity contribution in [3.05, 3.63) is 22.4 Å². The van der Waals surface area contributed by atoms with Gasteiger partial charge in [0.25, 0.3) is 0 Å². The van der Waals surface area contributed by atoms with E-state index >= 15 is 0 Å². The minimum atomic E-state index is 0. The van der Waals surface area contributed by atoms with Crippen molar-refractivity contribution < 1.29 is 0 Å². The van der Waals surface area contributed by atoms with Gasteiger partial charge in [0.05, 0.1) is 0 Å². The van der Waals surface area contributed by atoms with Crippen LogP contribution in [-0.4, -0.2) is 69.1 Å². The van der Waals surface area contributed by atoms with Crippen molar-refractivity contribution >= 4 is 41.3 Å². The molecule has 23 heavy (non-hydrogen) atoms. The molecule has 0 aromatic carbocycles. The van der Waals surface area contributed by atoms with E-state index in [1.165, 1.54) is 51.1 Å². The fourth-order valence-electron chi connectivity index (χ4n) is 2.54. The Morgan fingerprint density at radius 1 is 1.22 bits per heavy atom. The van der Waals surface area contributed by atoms with Gasteiger partial charge in [0.15, 0.2) is 5.96 Å². The molecule has 132 valence electrons. The molecule has 1 aromatic rings. The van der Waals surface area contributed by atoms with Crippen LogP contribution in [-0.2, 0) is 6.54 Å². The number of hydrogen-bond acceptors (Lipinski definition) is 4. The molecule has 0 saturated carbocycles. The number of hydrogen-bond donors (Lipinski definition) is 2. The Bertz CT molecular complexity index is 430. The number of rotatable bonds is 7. The molecule has 0 unspecified atom stereocenters. The number of unbranched alkanes of at least 4 members (excludes halogenated alkanes) is 1. The van der Waals surface area contributed by atoms with Gasteiger partial charge >= 0.3 is 0 Å². The molecular formula is C16H30IN5S. The Kier molecular flexibility index (Phi) is 10.8. The third kappa shape index (κ3) is 8.32. The van der Waals surface area contributed by atoms with E-state index in [0.29, 0.717) is 0 Å². The van der Waals surface area contributed by atoms with Crippen LogP contribution in [0.15, 0.2) is 21.8 Å². The summed E-state index contributed by atoms with van der Waals surface area (Å²) in [5, 5.41) is 11.0. The van der Waals surface area contributed by atoms with Crippen LogP contribution in [0.5, 0.6) is 0 Å². The van der Waals surface area contributed by atoms with Crippen LogP contribution in [0.3, 0.4) is 0 Å². The number of likely N-dealkylation sites (N-methyl/N-ethyl adjacent to an activating group) is 1. The number of thiophene rings is 1. The van der Waals surface area contributed by atoms with Gasteiger partial charge in [0.1, 0.15) is 0 Å². The Morgan fingerprint density at radius 3 is 2.65 bits per heavy atom. The molecule has 0 atom stereocenters. The molecule has 1 fully saturated rings. The average molecular weight is 451 g/mol. The lowest BCUT2D eigenvalue weighted by Gasteiger charge is -2.32. The summed E-state index contributed by atoms with van der Waals surface area (Å²) in [5.74, 6) is 0.894. The summed E-state index contributed by atoms with van der Waals surface area (Å²) in [5.41, 5.74) is 1.31. The summed E-state index contributed by atoms with van der Waals surface area (Å²) in [6.07, 6.45) is 2.43. The van der Waals surface area contributed by atoms with E-state index in [1.807, 2.05) is 7.05 Å². The van der Waals surface area contributed by atoms with Gasteiger partial charge in [-0.25, -0.2) is 0 Å². The van der Waals surface area contributed by atoms with E-state index in [4.69, 9.17) is 0 Å². The second-order valence-electron chi connectivity index (χ2n) is 5.84. The van der Waals surface area contributed by atoms with E-state index < -0.39 is 0 Å². The second-order valence-corrected chi connectivity index (χ2v) is 6.62. The van der Waals surface area contributed by atoms with E-state index in [-0.39, 0.29) is 24.0 Å². The maximum absolute atomic E-state index is 4.27. The van der Waals surface area contributed by atoms with E-state index in [2.05, 4.69) is 49.3 Å². The lowest BCUT2D eigenvalue weighted by molar-refractivity contribution is 0.152. The molecule has 2 rings (SSSR count). The minimum Gasteiger partial charge on any atom is -0.356 e. The molecule has 0 bridgehead atoms. The fourth-order valence-corrected chi connectivity index (χ4v) is 3.21. The van der Waals surface area contributed by atoms with Gasteiger partial charge in [-0.05, 0) is 48.8 Å². The normalized spacial score (nSPS) is 16.9. The lowest BCUT2D eigenvalue weighted by Crippen LogP contribution is -2.44. The molecule has 2 heterocycles. The van der Waals surface area contributed by atoms with Crippen LogP contribution in [0.2, 0.25) is 0 Å². The molecule has 0 radical (unpaired) electrons. The second kappa shape index (κ2) is 12.0. The molecule has 2 N–H and O–H groups in total. The average Bonchev–Trinajstić information content (AvgIpc) is 3.05. The van der Waals surface area contributed by atoms with Crippen molar-refractivity contribution in [1.82, 2.24) is 20.4 Å². The Morgan fingerprint density at radius 2 is 2.00 bits per heavy atom. The first kappa shape index (κ1) is 20.7. The zero-order valence-electron chi connectivity index (χ0n) is 14.3. The van der Waals surface area contributed by atoms with Crippen LogP contribution in [0.4, 0.5) is 0 Å². The van der Waals surface area contributed by atoms with E-state index in [0.717, 1.165) is 19.0 Å². The number of halogens is 1. The molecule has 7 heteroatoms. The zero-order chi connectivity index (χ0) is 15.6. The third-order valence-corrected chi connectivity index (χ3v) is 4.79. The SMILES string of the molecule is CN=C(NCCCCN1CCN(C)CC1)NCc1ccsc1.I. The molecule has 1 aliphatic heterocycles. The van der Waals surface area contributed by atoms with Crippen molar-refractivity contribution in [2.24, 2.45) is 4.99 Å². The molecule has 1 aromatic heterocycles. The molecule has 0 spiro atoms. The highest BCUT2D eigenvalue weighted by Crippen LogP contribution is 2.04. The van der Waals surface area contributed by atoms with Crippen molar-refractivity contribution in [2.45, 2.75) is 19.4 Å².